The molecule has 1 fully saturated rings. The molecule has 2 amide bonds. The molecule has 2 N–H and O–H groups in total. The van der Waals surface area contributed by atoms with E-state index in [1.807, 2.05) is 20.8 Å². The molecular weight excluding hydrogens is 405 g/mol. The molecule has 10 heteroatoms. The van der Waals surface area contributed by atoms with Gasteiger partial charge < -0.3 is 20.1 Å². The van der Waals surface area contributed by atoms with Gasteiger partial charge in [0.25, 0.3) is 0 Å². The van der Waals surface area contributed by atoms with Gasteiger partial charge in [-0.05, 0) is 17.5 Å². The second kappa shape index (κ2) is 9.01. The molecule has 0 bridgehead atoms. The van der Waals surface area contributed by atoms with Crippen LogP contribution in [0.2, 0.25) is 0 Å². The molecule has 0 saturated carbocycles. The van der Waals surface area contributed by atoms with Gasteiger partial charge in [0.05, 0.1) is 12.3 Å². The van der Waals surface area contributed by atoms with Crippen LogP contribution in [0.15, 0.2) is 30.5 Å². The fourth-order valence-corrected chi connectivity index (χ4v) is 3.73. The molecule has 31 heavy (non-hydrogen) atoms. The van der Waals surface area contributed by atoms with Gasteiger partial charge >= 0.3 is 0 Å². The Hall–Kier alpha value is -3.01. The summed E-state index contributed by atoms with van der Waals surface area (Å²) in [6, 6.07) is 4.53. The van der Waals surface area contributed by atoms with Crippen molar-refractivity contribution in [3.05, 3.63) is 42.0 Å². The fraction of sp³-hybridized carbons (Fsp3) is 0.524. The Morgan fingerprint density at radius 2 is 2.06 bits per heavy atom. The predicted molar refractivity (Wildman–Crippen MR) is 109 cm³/mol. The molecule has 0 aliphatic carbocycles. The lowest BCUT2D eigenvalue weighted by molar-refractivity contribution is -0.144. The molecule has 2 aromatic rings. The Kier molecular flexibility index (Phi) is 6.59. The summed E-state index contributed by atoms with van der Waals surface area (Å²) in [5, 5.41) is 20.8. The summed E-state index contributed by atoms with van der Waals surface area (Å²) in [4.78, 5) is 27.1. The number of ether oxygens (including phenoxy) is 1. The minimum atomic E-state index is -0.771. The van der Waals surface area contributed by atoms with Crippen LogP contribution < -0.4 is 10.1 Å². The number of benzene rings is 1. The van der Waals surface area contributed by atoms with Crippen LogP contribution in [-0.2, 0) is 16.2 Å². The maximum absolute atomic E-state index is 13.8. The lowest BCUT2D eigenvalue weighted by Gasteiger charge is -2.34. The number of likely N-dealkylation sites (tertiary alicyclic amines) is 1. The van der Waals surface area contributed by atoms with Gasteiger partial charge in [-0.2, -0.15) is 0 Å². The molecule has 1 unspecified atom stereocenters. The number of rotatable bonds is 6. The molecule has 3 rings (SSSR count). The quantitative estimate of drug-likeness (QED) is 0.711. The van der Waals surface area contributed by atoms with E-state index in [0.717, 1.165) is 0 Å². The number of halogens is 1. The highest BCUT2D eigenvalue weighted by molar-refractivity contribution is 5.90. The number of hydrogen-bond acceptors (Lipinski definition) is 6. The fourth-order valence-electron chi connectivity index (χ4n) is 3.73. The van der Waals surface area contributed by atoms with Crippen LogP contribution in [0.3, 0.4) is 0 Å². The van der Waals surface area contributed by atoms with E-state index in [4.69, 9.17) is 4.74 Å². The molecular formula is C21H28FN5O4. The van der Waals surface area contributed by atoms with Crippen LogP contribution in [0, 0.1) is 11.2 Å². The zero-order valence-corrected chi connectivity index (χ0v) is 18.1. The van der Waals surface area contributed by atoms with Crippen molar-refractivity contribution in [3.8, 4) is 5.75 Å². The van der Waals surface area contributed by atoms with Gasteiger partial charge in [-0.3, -0.25) is 9.59 Å². The summed E-state index contributed by atoms with van der Waals surface area (Å²) >= 11 is 0. The number of nitrogens with one attached hydrogen (secondary N) is 1. The number of aliphatic hydroxyl groups excluding tert-OH is 1. The number of amides is 2. The molecule has 1 aliphatic heterocycles. The normalized spacial score (nSPS) is 19.9. The Labute approximate surface area is 180 Å². The minimum absolute atomic E-state index is 0.0186. The second-order valence-corrected chi connectivity index (χ2v) is 8.69. The van der Waals surface area contributed by atoms with Crippen LogP contribution >= 0.6 is 0 Å². The van der Waals surface area contributed by atoms with Gasteiger partial charge in [0.1, 0.15) is 24.4 Å². The maximum Gasteiger partial charge on any atom is 0.248 e. The predicted octanol–water partition coefficient (Wildman–Crippen LogP) is 1.29. The topological polar surface area (TPSA) is 110 Å². The minimum Gasteiger partial charge on any atom is -0.484 e. The van der Waals surface area contributed by atoms with Gasteiger partial charge in [-0.25, -0.2) is 9.07 Å². The zero-order chi connectivity index (χ0) is 22.8. The average Bonchev–Trinajstić information content (AvgIpc) is 3.32. The lowest BCUT2D eigenvalue weighted by atomic mass is 9.85. The third-order valence-electron chi connectivity index (χ3n) is 5.20. The monoisotopic (exact) mass is 433 g/mol. The van der Waals surface area contributed by atoms with E-state index >= 15 is 0 Å². The number of carbonyl (C=O) groups is 2. The number of β-amino-alcohol motifs (C(OH)–C–C–N with tert-alkyl or cyclic N) is 1. The van der Waals surface area contributed by atoms with Crippen LogP contribution in [0.25, 0.3) is 0 Å². The summed E-state index contributed by atoms with van der Waals surface area (Å²) in [6.45, 7) is 5.70. The van der Waals surface area contributed by atoms with E-state index in [1.54, 1.807) is 18.3 Å². The third kappa shape index (κ3) is 5.01. The Morgan fingerprint density at radius 1 is 1.35 bits per heavy atom. The first kappa shape index (κ1) is 22.7. The first-order chi connectivity index (χ1) is 14.6. The first-order valence-electron chi connectivity index (χ1n) is 10.1. The standard InChI is InChI=1S/C21H28FN5O4/c1-21(2,3)18(20(30)26-11-14(28)9-16(26)19(29)23-4)27-10-13(24-25-27)12-31-17-8-6-5-7-15(17)22/h5-8,10,14,16,18,28H,9,11-12H2,1-4H3,(H,23,29)/t14-,16+,18?/m1/s1. The molecule has 9 nitrogen and oxygen atoms in total. The van der Waals surface area contributed by atoms with Crippen LogP contribution in [0.4, 0.5) is 4.39 Å². The highest BCUT2D eigenvalue weighted by Gasteiger charge is 2.45. The molecule has 168 valence electrons. The second-order valence-electron chi connectivity index (χ2n) is 8.69. The summed E-state index contributed by atoms with van der Waals surface area (Å²) in [5.74, 6) is -1.04. The van der Waals surface area contributed by atoms with E-state index < -0.39 is 29.4 Å². The number of hydrogen-bond donors (Lipinski definition) is 2. The van der Waals surface area contributed by atoms with Gasteiger partial charge in [-0.1, -0.05) is 38.1 Å². The van der Waals surface area contributed by atoms with Crippen molar-refractivity contribution in [2.45, 2.75) is 52.0 Å². The lowest BCUT2D eigenvalue weighted by Crippen LogP contribution is -2.49. The summed E-state index contributed by atoms with van der Waals surface area (Å²) in [5.41, 5.74) is -0.135. The van der Waals surface area contributed by atoms with E-state index in [0.29, 0.717) is 5.69 Å². The Morgan fingerprint density at radius 3 is 2.71 bits per heavy atom. The summed E-state index contributed by atoms with van der Waals surface area (Å²) in [7, 11) is 1.50. The van der Waals surface area contributed by atoms with Crippen molar-refractivity contribution in [3.63, 3.8) is 0 Å². The van der Waals surface area contributed by atoms with Crippen molar-refractivity contribution in [1.82, 2.24) is 25.2 Å². The molecule has 1 saturated heterocycles. The van der Waals surface area contributed by atoms with E-state index in [1.165, 1.54) is 28.8 Å². The molecule has 1 aromatic carbocycles. The van der Waals surface area contributed by atoms with Crippen molar-refractivity contribution in [2.75, 3.05) is 13.6 Å². The number of aliphatic hydroxyl groups is 1. The van der Waals surface area contributed by atoms with Crippen LogP contribution in [0.5, 0.6) is 5.75 Å². The molecule has 2 heterocycles. The van der Waals surface area contributed by atoms with Gasteiger partial charge in [0.2, 0.25) is 11.8 Å². The van der Waals surface area contributed by atoms with E-state index in [9.17, 15) is 19.1 Å². The zero-order valence-electron chi connectivity index (χ0n) is 18.1. The number of aromatic nitrogens is 3. The van der Waals surface area contributed by atoms with Crippen molar-refractivity contribution in [1.29, 1.82) is 0 Å². The van der Waals surface area contributed by atoms with Crippen LogP contribution in [0.1, 0.15) is 38.9 Å². The van der Waals surface area contributed by atoms with Gasteiger partial charge in [-0.15, -0.1) is 5.10 Å². The van der Waals surface area contributed by atoms with Crippen LogP contribution in [-0.4, -0.2) is 62.6 Å². The number of likely N-dealkylation sites (N-methyl/N-ethyl adjacent to an activating group) is 1. The van der Waals surface area contributed by atoms with Crippen molar-refractivity contribution < 1.29 is 23.8 Å². The maximum atomic E-state index is 13.8. The highest BCUT2D eigenvalue weighted by atomic mass is 19.1. The van der Waals surface area contributed by atoms with Gasteiger partial charge in [0, 0.05) is 20.0 Å². The van der Waals surface area contributed by atoms with Crippen molar-refractivity contribution >= 4 is 11.8 Å². The average molecular weight is 433 g/mol. The SMILES string of the molecule is CNC(=O)[C@@H]1C[C@@H](O)CN1C(=O)C(n1cc(COc2ccccc2F)nn1)C(C)(C)C. The molecule has 0 spiro atoms. The summed E-state index contributed by atoms with van der Waals surface area (Å²) in [6.07, 6.45) is 0.990. The highest BCUT2D eigenvalue weighted by Crippen LogP contribution is 2.34. The molecule has 1 aromatic heterocycles. The van der Waals surface area contributed by atoms with Gasteiger partial charge in [0.15, 0.2) is 11.6 Å². The number of nitrogens with zero attached hydrogens (tertiary/aromatic N) is 4. The Balaban J connectivity index is 1.81. The number of carbonyl (C=O) groups excluding carboxylic acids is 2. The Bertz CT molecular complexity index is 942. The number of para-hydroxylation sites is 1. The first-order valence-corrected chi connectivity index (χ1v) is 10.1. The molecule has 1 aliphatic rings. The largest absolute Gasteiger partial charge is 0.484 e. The van der Waals surface area contributed by atoms with E-state index in [2.05, 4.69) is 15.6 Å². The third-order valence-corrected chi connectivity index (χ3v) is 5.20. The smallest absolute Gasteiger partial charge is 0.248 e. The van der Waals surface area contributed by atoms with E-state index in [-0.39, 0.29) is 37.1 Å². The van der Waals surface area contributed by atoms with Crippen molar-refractivity contribution in [2.24, 2.45) is 5.41 Å². The molecule has 3 atom stereocenters. The molecule has 0 radical (unpaired) electrons. The summed E-state index contributed by atoms with van der Waals surface area (Å²) < 4.78 is 20.7.